The van der Waals surface area contributed by atoms with E-state index in [1.807, 2.05) is 0 Å². The number of hydrogen-bond acceptors (Lipinski definition) is 2. The Hall–Kier alpha value is -1.02. The van der Waals surface area contributed by atoms with Gasteiger partial charge in [-0.1, -0.05) is 31.5 Å². The van der Waals surface area contributed by atoms with Crippen molar-refractivity contribution in [3.05, 3.63) is 29.8 Å². The maximum atomic E-state index is 5.74. The molecule has 2 rings (SSSR count). The van der Waals surface area contributed by atoms with Gasteiger partial charge in [0.05, 0.1) is 6.10 Å². The minimum Gasteiger partial charge on any atom is -0.382 e. The average Bonchev–Trinajstić information content (AvgIpc) is 2.30. The first-order valence-corrected chi connectivity index (χ1v) is 6.49. The minimum absolute atomic E-state index is 0.223. The number of anilines is 1. The van der Waals surface area contributed by atoms with Gasteiger partial charge in [-0.2, -0.15) is 0 Å². The van der Waals surface area contributed by atoms with Gasteiger partial charge in [-0.25, -0.2) is 0 Å². The van der Waals surface area contributed by atoms with Crippen molar-refractivity contribution in [1.82, 2.24) is 0 Å². The molecule has 1 fully saturated rings. The Balaban J connectivity index is 1.95. The van der Waals surface area contributed by atoms with Crippen LogP contribution in [-0.4, -0.2) is 18.8 Å². The molecule has 2 atom stereocenters. The first kappa shape index (κ1) is 12.4. The van der Waals surface area contributed by atoms with Crippen molar-refractivity contribution in [2.75, 3.05) is 11.9 Å². The molecule has 0 radical (unpaired) electrons. The van der Waals surface area contributed by atoms with Crippen LogP contribution in [0.5, 0.6) is 0 Å². The third-order valence-electron chi connectivity index (χ3n) is 3.94. The third kappa shape index (κ3) is 2.47. The SMILES string of the molecule is CCOC1CC(Nc2ccc(C)cc2)C1(C)C. The molecule has 2 unspecified atom stereocenters. The van der Waals surface area contributed by atoms with E-state index in [4.69, 9.17) is 4.74 Å². The Morgan fingerprint density at radius 3 is 2.47 bits per heavy atom. The van der Waals surface area contributed by atoms with Gasteiger partial charge in [0.15, 0.2) is 0 Å². The Labute approximate surface area is 104 Å². The van der Waals surface area contributed by atoms with Crippen LogP contribution in [0.2, 0.25) is 0 Å². The van der Waals surface area contributed by atoms with Crippen LogP contribution < -0.4 is 5.32 Å². The Bertz CT molecular complexity index is 369. The van der Waals surface area contributed by atoms with Gasteiger partial charge < -0.3 is 10.1 Å². The highest BCUT2D eigenvalue weighted by atomic mass is 16.5. The summed E-state index contributed by atoms with van der Waals surface area (Å²) >= 11 is 0. The van der Waals surface area contributed by atoms with Gasteiger partial charge in [-0.3, -0.25) is 0 Å². The molecule has 0 aliphatic heterocycles. The first-order valence-electron chi connectivity index (χ1n) is 6.49. The molecular weight excluding hydrogens is 210 g/mol. The number of aryl methyl sites for hydroxylation is 1. The van der Waals surface area contributed by atoms with Crippen LogP contribution >= 0.6 is 0 Å². The smallest absolute Gasteiger partial charge is 0.0665 e. The summed E-state index contributed by atoms with van der Waals surface area (Å²) in [7, 11) is 0. The molecule has 0 heterocycles. The van der Waals surface area contributed by atoms with Gasteiger partial charge in [0.1, 0.15) is 0 Å². The maximum absolute atomic E-state index is 5.74. The Morgan fingerprint density at radius 2 is 1.94 bits per heavy atom. The lowest BCUT2D eigenvalue weighted by molar-refractivity contribution is -0.0975. The van der Waals surface area contributed by atoms with Crippen molar-refractivity contribution in [2.24, 2.45) is 5.41 Å². The van der Waals surface area contributed by atoms with E-state index in [9.17, 15) is 0 Å². The zero-order valence-electron chi connectivity index (χ0n) is 11.3. The molecule has 0 aromatic heterocycles. The molecule has 0 bridgehead atoms. The third-order valence-corrected chi connectivity index (χ3v) is 3.94. The van der Waals surface area contributed by atoms with E-state index < -0.39 is 0 Å². The fourth-order valence-corrected chi connectivity index (χ4v) is 2.47. The molecule has 0 amide bonds. The van der Waals surface area contributed by atoms with Crippen molar-refractivity contribution < 1.29 is 4.74 Å². The number of ether oxygens (including phenoxy) is 1. The first-order chi connectivity index (χ1) is 8.04. The van der Waals surface area contributed by atoms with Crippen molar-refractivity contribution in [3.63, 3.8) is 0 Å². The molecule has 0 saturated heterocycles. The summed E-state index contributed by atoms with van der Waals surface area (Å²) in [4.78, 5) is 0. The quantitative estimate of drug-likeness (QED) is 0.857. The summed E-state index contributed by atoms with van der Waals surface area (Å²) in [5.74, 6) is 0. The number of hydrogen-bond donors (Lipinski definition) is 1. The van der Waals surface area contributed by atoms with E-state index in [2.05, 4.69) is 57.3 Å². The highest BCUT2D eigenvalue weighted by Crippen LogP contribution is 2.44. The second kappa shape index (κ2) is 4.69. The Kier molecular flexibility index (Phi) is 3.43. The largest absolute Gasteiger partial charge is 0.382 e. The fraction of sp³-hybridized carbons (Fsp3) is 0.600. The maximum Gasteiger partial charge on any atom is 0.0665 e. The van der Waals surface area contributed by atoms with Crippen LogP contribution in [-0.2, 0) is 4.74 Å². The van der Waals surface area contributed by atoms with Crippen LogP contribution in [0, 0.1) is 12.3 Å². The zero-order chi connectivity index (χ0) is 12.5. The van der Waals surface area contributed by atoms with Crippen molar-refractivity contribution in [3.8, 4) is 0 Å². The van der Waals surface area contributed by atoms with Gasteiger partial charge in [-0.05, 0) is 32.4 Å². The number of rotatable bonds is 4. The van der Waals surface area contributed by atoms with Crippen LogP contribution in [0.25, 0.3) is 0 Å². The van der Waals surface area contributed by atoms with Gasteiger partial charge in [0, 0.05) is 23.8 Å². The fourth-order valence-electron chi connectivity index (χ4n) is 2.47. The second-order valence-electron chi connectivity index (χ2n) is 5.56. The summed E-state index contributed by atoms with van der Waals surface area (Å²) in [6.45, 7) is 9.55. The van der Waals surface area contributed by atoms with Gasteiger partial charge in [-0.15, -0.1) is 0 Å². The van der Waals surface area contributed by atoms with E-state index in [0.29, 0.717) is 12.1 Å². The molecule has 1 aromatic rings. The predicted octanol–water partition coefficient (Wildman–Crippen LogP) is 3.61. The molecule has 0 spiro atoms. The summed E-state index contributed by atoms with van der Waals surface area (Å²) in [6, 6.07) is 9.11. The van der Waals surface area contributed by atoms with Gasteiger partial charge >= 0.3 is 0 Å². The molecule has 17 heavy (non-hydrogen) atoms. The minimum atomic E-state index is 0.223. The lowest BCUT2D eigenvalue weighted by atomic mass is 9.64. The molecule has 1 aliphatic rings. The van der Waals surface area contributed by atoms with Crippen LogP contribution in [0.15, 0.2) is 24.3 Å². The lowest BCUT2D eigenvalue weighted by Gasteiger charge is -2.52. The number of benzene rings is 1. The van der Waals surface area contributed by atoms with Gasteiger partial charge in [0.25, 0.3) is 0 Å². The van der Waals surface area contributed by atoms with Crippen molar-refractivity contribution in [2.45, 2.75) is 46.3 Å². The lowest BCUT2D eigenvalue weighted by Crippen LogP contribution is -2.58. The highest BCUT2D eigenvalue weighted by Gasteiger charge is 2.48. The summed E-state index contributed by atoms with van der Waals surface area (Å²) in [5, 5.41) is 3.60. The molecule has 1 saturated carbocycles. The van der Waals surface area contributed by atoms with Crippen LogP contribution in [0.3, 0.4) is 0 Å². The van der Waals surface area contributed by atoms with Crippen molar-refractivity contribution in [1.29, 1.82) is 0 Å². The summed E-state index contributed by atoms with van der Waals surface area (Å²) < 4.78 is 5.74. The molecule has 2 nitrogen and oxygen atoms in total. The highest BCUT2D eigenvalue weighted by molar-refractivity contribution is 5.46. The van der Waals surface area contributed by atoms with E-state index >= 15 is 0 Å². The predicted molar refractivity (Wildman–Crippen MR) is 72.4 cm³/mol. The van der Waals surface area contributed by atoms with Gasteiger partial charge in [0.2, 0.25) is 0 Å². The van der Waals surface area contributed by atoms with E-state index in [-0.39, 0.29) is 5.41 Å². The van der Waals surface area contributed by atoms with Crippen molar-refractivity contribution >= 4 is 5.69 Å². The normalized spacial score (nSPS) is 26.4. The van der Waals surface area contributed by atoms with E-state index in [0.717, 1.165) is 13.0 Å². The molecule has 1 aliphatic carbocycles. The molecule has 1 N–H and O–H groups in total. The Morgan fingerprint density at radius 1 is 1.29 bits per heavy atom. The summed E-state index contributed by atoms with van der Waals surface area (Å²) in [6.07, 6.45) is 1.50. The second-order valence-corrected chi connectivity index (χ2v) is 5.56. The van der Waals surface area contributed by atoms with E-state index in [1.165, 1.54) is 11.3 Å². The standard InChI is InChI=1S/C15H23NO/c1-5-17-14-10-13(15(14,3)4)16-12-8-6-11(2)7-9-12/h6-9,13-14,16H,5,10H2,1-4H3. The molecule has 94 valence electrons. The molecule has 1 aromatic carbocycles. The van der Waals surface area contributed by atoms with E-state index in [1.54, 1.807) is 0 Å². The monoisotopic (exact) mass is 233 g/mol. The van der Waals surface area contributed by atoms with Crippen LogP contribution in [0.1, 0.15) is 32.8 Å². The number of nitrogens with one attached hydrogen (secondary N) is 1. The topological polar surface area (TPSA) is 21.3 Å². The summed E-state index contributed by atoms with van der Waals surface area (Å²) in [5.41, 5.74) is 2.74. The molecule has 2 heteroatoms. The average molecular weight is 233 g/mol. The van der Waals surface area contributed by atoms with Crippen LogP contribution in [0.4, 0.5) is 5.69 Å². The zero-order valence-corrected chi connectivity index (χ0v) is 11.3. The molecular formula is C15H23NO.